The number of nitrogens with one attached hydrogen (secondary N) is 1. The van der Waals surface area contributed by atoms with E-state index in [2.05, 4.69) is 5.32 Å². The van der Waals surface area contributed by atoms with Crippen LogP contribution in [0.4, 0.5) is 0 Å². The number of esters is 2. The van der Waals surface area contributed by atoms with E-state index in [1.165, 1.54) is 7.11 Å². The molecule has 7 nitrogen and oxygen atoms in total. The summed E-state index contributed by atoms with van der Waals surface area (Å²) in [6.45, 7) is 5.74. The zero-order valence-electron chi connectivity index (χ0n) is 19.8. The third kappa shape index (κ3) is 5.43. The predicted octanol–water partition coefficient (Wildman–Crippen LogP) is 3.91. The van der Waals surface area contributed by atoms with E-state index in [1.54, 1.807) is 69.3 Å². The van der Waals surface area contributed by atoms with Gasteiger partial charge in [-0.2, -0.15) is 0 Å². The second-order valence-corrected chi connectivity index (χ2v) is 7.81. The first kappa shape index (κ1) is 24.9. The molecule has 1 N–H and O–H groups in total. The average molecular weight is 464 g/mol. The molecule has 1 atom stereocenters. The van der Waals surface area contributed by atoms with Crippen molar-refractivity contribution in [2.75, 3.05) is 26.9 Å². The molecule has 0 aliphatic carbocycles. The van der Waals surface area contributed by atoms with Crippen LogP contribution in [0.25, 0.3) is 0 Å². The Balaban J connectivity index is 2.10. The van der Waals surface area contributed by atoms with Crippen LogP contribution in [0, 0.1) is 0 Å². The van der Waals surface area contributed by atoms with E-state index in [1.807, 2.05) is 6.07 Å². The quantitative estimate of drug-likeness (QED) is 0.343. The summed E-state index contributed by atoms with van der Waals surface area (Å²) in [5.41, 5.74) is 3.35. The van der Waals surface area contributed by atoms with E-state index < -0.39 is 17.9 Å². The van der Waals surface area contributed by atoms with Gasteiger partial charge in [-0.1, -0.05) is 48.5 Å². The molecule has 0 radical (unpaired) electrons. The fraction of sp³-hybridized carbons (Fsp3) is 0.296. The second kappa shape index (κ2) is 11.4. The predicted molar refractivity (Wildman–Crippen MR) is 127 cm³/mol. The summed E-state index contributed by atoms with van der Waals surface area (Å²) < 4.78 is 15.7. The van der Waals surface area contributed by atoms with Crippen molar-refractivity contribution in [2.24, 2.45) is 0 Å². The summed E-state index contributed by atoms with van der Waals surface area (Å²) in [6.07, 6.45) is 0. The summed E-state index contributed by atoms with van der Waals surface area (Å²) in [4.78, 5) is 39.2. The fourth-order valence-electron chi connectivity index (χ4n) is 3.99. The van der Waals surface area contributed by atoms with Crippen LogP contribution in [0.1, 0.15) is 48.2 Å². The Labute approximate surface area is 199 Å². The van der Waals surface area contributed by atoms with Crippen molar-refractivity contribution in [2.45, 2.75) is 26.7 Å². The lowest BCUT2D eigenvalue weighted by Gasteiger charge is -2.30. The maximum atomic E-state index is 13.1. The zero-order chi connectivity index (χ0) is 24.7. The van der Waals surface area contributed by atoms with Gasteiger partial charge in [-0.05, 0) is 32.4 Å². The van der Waals surface area contributed by atoms with Crippen molar-refractivity contribution < 1.29 is 28.6 Å². The van der Waals surface area contributed by atoms with Gasteiger partial charge in [-0.15, -0.1) is 0 Å². The van der Waals surface area contributed by atoms with Gasteiger partial charge < -0.3 is 19.5 Å². The number of hydrogen-bond acceptors (Lipinski definition) is 7. The minimum Gasteiger partial charge on any atom is -0.463 e. The number of ether oxygens (including phenoxy) is 3. The third-order valence-corrected chi connectivity index (χ3v) is 5.51. The minimum absolute atomic E-state index is 0.0722. The second-order valence-electron chi connectivity index (χ2n) is 7.81. The lowest BCUT2D eigenvalue weighted by molar-refractivity contribution is -0.140. The molecule has 0 amide bonds. The van der Waals surface area contributed by atoms with Gasteiger partial charge in [-0.25, -0.2) is 9.59 Å². The van der Waals surface area contributed by atoms with Gasteiger partial charge in [0.05, 0.1) is 30.3 Å². The summed E-state index contributed by atoms with van der Waals surface area (Å²) in [5, 5.41) is 3.11. The van der Waals surface area contributed by atoms with Crippen LogP contribution in [0.5, 0.6) is 0 Å². The summed E-state index contributed by atoms with van der Waals surface area (Å²) >= 11 is 0. The normalized spacial score (nSPS) is 15.6. The van der Waals surface area contributed by atoms with E-state index in [9.17, 15) is 14.4 Å². The van der Waals surface area contributed by atoms with Crippen LogP contribution in [-0.4, -0.2) is 44.7 Å². The van der Waals surface area contributed by atoms with Gasteiger partial charge in [0.2, 0.25) is 0 Å². The molecule has 0 spiro atoms. The molecule has 2 aromatic rings. The number of carbonyl (C=O) groups excluding carboxylic acids is 3. The van der Waals surface area contributed by atoms with E-state index in [0.29, 0.717) is 33.7 Å². The van der Waals surface area contributed by atoms with Crippen molar-refractivity contribution >= 4 is 17.7 Å². The number of dihydropyridines is 1. The third-order valence-electron chi connectivity index (χ3n) is 5.51. The van der Waals surface area contributed by atoms with Crippen molar-refractivity contribution in [1.29, 1.82) is 0 Å². The monoisotopic (exact) mass is 463 g/mol. The number of rotatable bonds is 9. The molecule has 1 heterocycles. The lowest BCUT2D eigenvalue weighted by Crippen LogP contribution is -2.33. The molecule has 1 aliphatic heterocycles. The summed E-state index contributed by atoms with van der Waals surface area (Å²) in [5.74, 6) is -2.02. The Hall–Kier alpha value is -3.71. The molecule has 1 unspecified atom stereocenters. The fourth-order valence-corrected chi connectivity index (χ4v) is 3.99. The van der Waals surface area contributed by atoms with Gasteiger partial charge in [0.1, 0.15) is 6.61 Å². The Kier molecular flexibility index (Phi) is 8.38. The van der Waals surface area contributed by atoms with Crippen molar-refractivity contribution in [3.8, 4) is 0 Å². The Bertz CT molecular complexity index is 1130. The number of ketones is 1. The van der Waals surface area contributed by atoms with E-state index in [4.69, 9.17) is 14.2 Å². The SMILES string of the molecule is CCOC(=O)C1=C(C)NC(C)=C(C(=O)OCCOC)C1c1cccc(C(=O)c2ccccc2)c1. The Morgan fingerprint density at radius 2 is 1.44 bits per heavy atom. The first-order valence-corrected chi connectivity index (χ1v) is 11.1. The molecule has 3 rings (SSSR count). The van der Waals surface area contributed by atoms with Crippen LogP contribution < -0.4 is 5.32 Å². The van der Waals surface area contributed by atoms with E-state index >= 15 is 0 Å². The van der Waals surface area contributed by atoms with Crippen LogP contribution in [-0.2, 0) is 23.8 Å². The highest BCUT2D eigenvalue weighted by Gasteiger charge is 2.38. The standard InChI is InChI=1S/C27H29NO6/c1-5-33-26(30)22-17(2)28-18(3)23(27(31)34-15-14-32-4)24(22)20-12-9-13-21(16-20)25(29)19-10-7-6-8-11-19/h6-13,16,24,28H,5,14-15H2,1-4H3. The van der Waals surface area contributed by atoms with E-state index in [-0.39, 0.29) is 31.2 Å². The Morgan fingerprint density at radius 1 is 0.824 bits per heavy atom. The molecule has 1 aliphatic rings. The first-order valence-electron chi connectivity index (χ1n) is 11.1. The molecule has 0 aromatic heterocycles. The summed E-state index contributed by atoms with van der Waals surface area (Å²) in [6, 6.07) is 15.9. The topological polar surface area (TPSA) is 90.9 Å². The van der Waals surface area contributed by atoms with Crippen LogP contribution in [0.2, 0.25) is 0 Å². The van der Waals surface area contributed by atoms with Gasteiger partial charge in [0, 0.05) is 29.6 Å². The molecule has 0 bridgehead atoms. The van der Waals surface area contributed by atoms with Gasteiger partial charge in [0.25, 0.3) is 0 Å². The molecular weight excluding hydrogens is 434 g/mol. The highest BCUT2D eigenvalue weighted by Crippen LogP contribution is 2.39. The Morgan fingerprint density at radius 3 is 2.06 bits per heavy atom. The van der Waals surface area contributed by atoms with Crippen molar-refractivity contribution in [3.63, 3.8) is 0 Å². The molecule has 7 heteroatoms. The number of carbonyl (C=O) groups is 3. The molecule has 34 heavy (non-hydrogen) atoms. The van der Waals surface area contributed by atoms with Gasteiger partial charge in [-0.3, -0.25) is 4.79 Å². The van der Waals surface area contributed by atoms with Crippen LogP contribution in [0.3, 0.4) is 0 Å². The van der Waals surface area contributed by atoms with Gasteiger partial charge in [0.15, 0.2) is 5.78 Å². The number of benzene rings is 2. The largest absolute Gasteiger partial charge is 0.463 e. The van der Waals surface area contributed by atoms with E-state index in [0.717, 1.165) is 0 Å². The van der Waals surface area contributed by atoms with Gasteiger partial charge >= 0.3 is 11.9 Å². The van der Waals surface area contributed by atoms with Crippen LogP contribution in [0.15, 0.2) is 77.1 Å². The van der Waals surface area contributed by atoms with Crippen LogP contribution >= 0.6 is 0 Å². The maximum absolute atomic E-state index is 13.1. The summed E-state index contributed by atoms with van der Waals surface area (Å²) in [7, 11) is 1.52. The smallest absolute Gasteiger partial charge is 0.336 e. The molecule has 0 saturated carbocycles. The van der Waals surface area contributed by atoms with Crippen molar-refractivity contribution in [3.05, 3.63) is 93.8 Å². The lowest BCUT2D eigenvalue weighted by atomic mass is 9.79. The minimum atomic E-state index is -0.765. The molecule has 0 fully saturated rings. The average Bonchev–Trinajstić information content (AvgIpc) is 2.84. The molecule has 0 saturated heterocycles. The highest BCUT2D eigenvalue weighted by atomic mass is 16.6. The zero-order valence-corrected chi connectivity index (χ0v) is 19.8. The number of methoxy groups -OCH3 is 1. The highest BCUT2D eigenvalue weighted by molar-refractivity contribution is 6.09. The molecular formula is C27H29NO6. The number of hydrogen-bond donors (Lipinski definition) is 1. The molecule has 178 valence electrons. The maximum Gasteiger partial charge on any atom is 0.336 e. The number of allylic oxidation sites excluding steroid dienone is 2. The molecule has 2 aromatic carbocycles. The van der Waals surface area contributed by atoms with Crippen molar-refractivity contribution in [1.82, 2.24) is 5.32 Å². The first-order chi connectivity index (χ1) is 16.4.